The summed E-state index contributed by atoms with van der Waals surface area (Å²) in [6, 6.07) is 9.06. The van der Waals surface area contributed by atoms with Gasteiger partial charge in [-0.3, -0.25) is 0 Å². The number of hydrogen-bond acceptors (Lipinski definition) is 1. The SMILES string of the molecule is C=C(C)/C(=C\C1=CCC(C)(NC)C=C1C)c1ccc(CCCCC)cc1. The Bertz CT molecular complexity index is 715. The number of hydrogen-bond donors (Lipinski definition) is 1. The maximum absolute atomic E-state index is 4.22. The lowest BCUT2D eigenvalue weighted by atomic mass is 9.84. The van der Waals surface area contributed by atoms with Crippen molar-refractivity contribution < 1.29 is 0 Å². The standard InChI is InChI=1S/C25H35N/c1-7-8-9-10-21-11-13-22(14-12-21)24(19(2)3)17-23-15-16-25(5,26-6)18-20(23)4/h11-15,17-18,26H,2,7-10,16H2,1,3-6H3/b24-17+. The molecule has 0 aliphatic heterocycles. The quantitative estimate of drug-likeness (QED) is 0.410. The van der Waals surface area contributed by atoms with Crippen LogP contribution in [0.15, 0.2) is 65.8 Å². The van der Waals surface area contributed by atoms with Gasteiger partial charge < -0.3 is 5.32 Å². The van der Waals surface area contributed by atoms with Gasteiger partial charge in [0.1, 0.15) is 0 Å². The lowest BCUT2D eigenvalue weighted by molar-refractivity contribution is 0.477. The van der Waals surface area contributed by atoms with E-state index in [0.717, 1.165) is 12.0 Å². The van der Waals surface area contributed by atoms with Crippen molar-refractivity contribution in [1.29, 1.82) is 0 Å². The summed E-state index contributed by atoms with van der Waals surface area (Å²) >= 11 is 0. The van der Waals surface area contributed by atoms with E-state index < -0.39 is 0 Å². The lowest BCUT2D eigenvalue weighted by Crippen LogP contribution is -2.38. The number of nitrogens with one attached hydrogen (secondary N) is 1. The summed E-state index contributed by atoms with van der Waals surface area (Å²) in [7, 11) is 2.03. The van der Waals surface area contributed by atoms with Gasteiger partial charge in [-0.15, -0.1) is 0 Å². The van der Waals surface area contributed by atoms with Gasteiger partial charge in [-0.05, 0) is 81.0 Å². The predicted octanol–water partition coefficient (Wildman–Crippen LogP) is 6.63. The molecule has 140 valence electrons. The fourth-order valence-electron chi connectivity index (χ4n) is 3.49. The van der Waals surface area contributed by atoms with E-state index in [9.17, 15) is 0 Å². The minimum Gasteiger partial charge on any atom is -0.311 e. The molecule has 0 amide bonds. The van der Waals surface area contributed by atoms with Gasteiger partial charge in [0.05, 0.1) is 0 Å². The molecule has 26 heavy (non-hydrogen) atoms. The van der Waals surface area contributed by atoms with Gasteiger partial charge in [-0.25, -0.2) is 0 Å². The minimum atomic E-state index is 0.0605. The van der Waals surface area contributed by atoms with E-state index >= 15 is 0 Å². The first kappa shape index (κ1) is 20.5. The first-order valence-electron chi connectivity index (χ1n) is 9.94. The van der Waals surface area contributed by atoms with Crippen LogP contribution >= 0.6 is 0 Å². The predicted molar refractivity (Wildman–Crippen MR) is 116 cm³/mol. The van der Waals surface area contributed by atoms with Crippen molar-refractivity contribution in [3.63, 3.8) is 0 Å². The smallest absolute Gasteiger partial charge is 0.0374 e. The van der Waals surface area contributed by atoms with Crippen molar-refractivity contribution in [3.8, 4) is 0 Å². The first-order valence-corrected chi connectivity index (χ1v) is 9.94. The summed E-state index contributed by atoms with van der Waals surface area (Å²) in [6.07, 6.45) is 13.0. The van der Waals surface area contributed by atoms with E-state index in [-0.39, 0.29) is 5.54 Å². The third kappa shape index (κ3) is 5.32. The summed E-state index contributed by atoms with van der Waals surface area (Å²) in [5.74, 6) is 0. The average molecular weight is 350 g/mol. The fraction of sp³-hybridized carbons (Fsp3) is 0.440. The molecular formula is C25H35N. The van der Waals surface area contributed by atoms with Crippen LogP contribution < -0.4 is 5.32 Å². The summed E-state index contributed by atoms with van der Waals surface area (Å²) in [5.41, 5.74) is 7.72. The van der Waals surface area contributed by atoms with Gasteiger partial charge in [-0.1, -0.05) is 68.3 Å². The Morgan fingerprint density at radius 3 is 2.46 bits per heavy atom. The zero-order valence-corrected chi connectivity index (χ0v) is 17.3. The van der Waals surface area contributed by atoms with Crippen LogP contribution in [-0.4, -0.2) is 12.6 Å². The molecule has 1 unspecified atom stereocenters. The van der Waals surface area contributed by atoms with Crippen LogP contribution in [0.2, 0.25) is 0 Å². The third-order valence-electron chi connectivity index (χ3n) is 5.40. The molecule has 1 nitrogen and oxygen atoms in total. The van der Waals surface area contributed by atoms with Crippen LogP contribution in [-0.2, 0) is 6.42 Å². The van der Waals surface area contributed by atoms with E-state index in [1.807, 2.05) is 7.05 Å². The topological polar surface area (TPSA) is 12.0 Å². The molecule has 1 aromatic carbocycles. The van der Waals surface area contributed by atoms with E-state index in [1.165, 1.54) is 53.5 Å². The lowest BCUT2D eigenvalue weighted by Gasteiger charge is -2.29. The summed E-state index contributed by atoms with van der Waals surface area (Å²) in [4.78, 5) is 0. The Labute approximate surface area is 160 Å². The molecule has 0 saturated carbocycles. The first-order chi connectivity index (χ1) is 12.4. The molecule has 1 aliphatic rings. The average Bonchev–Trinajstić information content (AvgIpc) is 2.62. The van der Waals surface area contributed by atoms with E-state index in [0.29, 0.717) is 0 Å². The molecule has 0 fully saturated rings. The van der Waals surface area contributed by atoms with Crippen LogP contribution in [0, 0.1) is 0 Å². The highest BCUT2D eigenvalue weighted by Gasteiger charge is 2.22. The monoisotopic (exact) mass is 349 g/mol. The van der Waals surface area contributed by atoms with Crippen molar-refractivity contribution >= 4 is 5.57 Å². The van der Waals surface area contributed by atoms with Crippen molar-refractivity contribution in [2.45, 2.75) is 65.3 Å². The highest BCUT2D eigenvalue weighted by Crippen LogP contribution is 2.31. The molecule has 1 aromatic rings. The van der Waals surface area contributed by atoms with Gasteiger partial charge in [0, 0.05) is 5.54 Å². The normalized spacial score (nSPS) is 20.6. The van der Waals surface area contributed by atoms with Crippen LogP contribution in [0.1, 0.15) is 64.5 Å². The molecule has 0 spiro atoms. The number of benzene rings is 1. The van der Waals surface area contributed by atoms with Gasteiger partial charge in [0.15, 0.2) is 0 Å². The molecule has 0 aromatic heterocycles. The molecule has 1 N–H and O–H groups in total. The van der Waals surface area contributed by atoms with Crippen molar-refractivity contribution in [2.24, 2.45) is 0 Å². The third-order valence-corrected chi connectivity index (χ3v) is 5.40. The highest BCUT2D eigenvalue weighted by molar-refractivity contribution is 5.80. The van der Waals surface area contributed by atoms with Crippen LogP contribution in [0.5, 0.6) is 0 Å². The number of unbranched alkanes of at least 4 members (excludes halogenated alkanes) is 2. The number of aryl methyl sites for hydroxylation is 1. The number of allylic oxidation sites excluding steroid dienone is 5. The fourth-order valence-corrected chi connectivity index (χ4v) is 3.49. The van der Waals surface area contributed by atoms with E-state index in [1.54, 1.807) is 0 Å². The highest BCUT2D eigenvalue weighted by atomic mass is 14.9. The van der Waals surface area contributed by atoms with Crippen LogP contribution in [0.3, 0.4) is 0 Å². The van der Waals surface area contributed by atoms with E-state index in [2.05, 4.69) is 82.1 Å². The van der Waals surface area contributed by atoms with E-state index in [4.69, 9.17) is 0 Å². The van der Waals surface area contributed by atoms with Gasteiger partial charge in [-0.2, -0.15) is 0 Å². The largest absolute Gasteiger partial charge is 0.311 e. The molecule has 1 atom stereocenters. The van der Waals surface area contributed by atoms with Crippen LogP contribution in [0.25, 0.3) is 5.57 Å². The molecule has 0 saturated heterocycles. The summed E-state index contributed by atoms with van der Waals surface area (Å²) in [5, 5.41) is 3.41. The van der Waals surface area contributed by atoms with Crippen LogP contribution in [0.4, 0.5) is 0 Å². The molecule has 0 heterocycles. The Hall–Kier alpha value is -1.86. The van der Waals surface area contributed by atoms with Gasteiger partial charge in [0.25, 0.3) is 0 Å². The Morgan fingerprint density at radius 2 is 1.92 bits per heavy atom. The van der Waals surface area contributed by atoms with Crippen molar-refractivity contribution in [3.05, 3.63) is 76.9 Å². The van der Waals surface area contributed by atoms with Crippen molar-refractivity contribution in [1.82, 2.24) is 5.32 Å². The second-order valence-electron chi connectivity index (χ2n) is 7.85. The molecule has 1 aliphatic carbocycles. The zero-order valence-electron chi connectivity index (χ0n) is 17.3. The summed E-state index contributed by atoms with van der Waals surface area (Å²) in [6.45, 7) is 13.0. The molecular weight excluding hydrogens is 314 g/mol. The Morgan fingerprint density at radius 1 is 1.23 bits per heavy atom. The van der Waals surface area contributed by atoms with Gasteiger partial charge in [0.2, 0.25) is 0 Å². The summed E-state index contributed by atoms with van der Waals surface area (Å²) < 4.78 is 0. The zero-order chi connectivity index (χ0) is 19.2. The second kappa shape index (κ2) is 9.19. The molecule has 1 heteroatoms. The molecule has 0 bridgehead atoms. The van der Waals surface area contributed by atoms with Crippen molar-refractivity contribution in [2.75, 3.05) is 7.05 Å². The molecule has 2 rings (SSSR count). The number of rotatable bonds is 8. The number of likely N-dealkylation sites (N-methyl/N-ethyl adjacent to an activating group) is 1. The minimum absolute atomic E-state index is 0.0605. The Balaban J connectivity index is 2.23. The van der Waals surface area contributed by atoms with Gasteiger partial charge >= 0.3 is 0 Å². The molecule has 0 radical (unpaired) electrons. The Kier molecular flexibility index (Phi) is 7.23. The maximum atomic E-state index is 4.22. The second-order valence-corrected chi connectivity index (χ2v) is 7.85. The maximum Gasteiger partial charge on any atom is 0.0374 e.